The molecule has 150 valence electrons. The molecule has 27 heavy (non-hydrogen) atoms. The predicted molar refractivity (Wildman–Crippen MR) is 103 cm³/mol. The third-order valence-corrected chi connectivity index (χ3v) is 4.33. The minimum Gasteiger partial charge on any atom is -0.385 e. The fourth-order valence-electron chi connectivity index (χ4n) is 2.92. The molecule has 2 rings (SSSR count). The fourth-order valence-corrected chi connectivity index (χ4v) is 2.92. The second-order valence-electron chi connectivity index (χ2n) is 6.36. The first-order valence-electron chi connectivity index (χ1n) is 9.24. The summed E-state index contributed by atoms with van der Waals surface area (Å²) in [5, 5.41) is 5.80. The Morgan fingerprint density at radius 2 is 1.96 bits per heavy atom. The maximum Gasteiger partial charge on any atom is 0.243 e. The third-order valence-electron chi connectivity index (χ3n) is 4.33. The number of benzene rings is 1. The van der Waals surface area contributed by atoms with Gasteiger partial charge in [0, 0.05) is 46.1 Å². The number of carbonyl (C=O) groups is 1. The first-order valence-corrected chi connectivity index (χ1v) is 9.24. The van der Waals surface area contributed by atoms with Crippen molar-refractivity contribution in [2.45, 2.75) is 25.4 Å². The highest BCUT2D eigenvalue weighted by molar-refractivity contribution is 5.94. The van der Waals surface area contributed by atoms with Crippen molar-refractivity contribution in [3.05, 3.63) is 30.1 Å². The molecule has 2 N–H and O–H groups in total. The number of amides is 1. The van der Waals surface area contributed by atoms with Crippen molar-refractivity contribution in [3.8, 4) is 0 Å². The summed E-state index contributed by atoms with van der Waals surface area (Å²) in [6, 6.07) is 5.67. The summed E-state index contributed by atoms with van der Waals surface area (Å²) < 4.78 is 23.8. The molecule has 1 amide bonds. The van der Waals surface area contributed by atoms with Crippen LogP contribution in [-0.4, -0.2) is 69.9 Å². The van der Waals surface area contributed by atoms with E-state index in [0.717, 1.165) is 45.6 Å². The van der Waals surface area contributed by atoms with Gasteiger partial charge >= 0.3 is 0 Å². The Morgan fingerprint density at radius 1 is 1.26 bits per heavy atom. The lowest BCUT2D eigenvalue weighted by Gasteiger charge is -2.34. The van der Waals surface area contributed by atoms with Crippen molar-refractivity contribution in [2.75, 3.05) is 52.3 Å². The second-order valence-corrected chi connectivity index (χ2v) is 6.36. The van der Waals surface area contributed by atoms with E-state index >= 15 is 0 Å². The van der Waals surface area contributed by atoms with E-state index in [9.17, 15) is 9.18 Å². The number of halogens is 1. The van der Waals surface area contributed by atoms with Crippen LogP contribution >= 0.6 is 0 Å². The van der Waals surface area contributed by atoms with Crippen LogP contribution < -0.4 is 10.6 Å². The zero-order valence-corrected chi connectivity index (χ0v) is 16.0. The van der Waals surface area contributed by atoms with Crippen LogP contribution in [0.2, 0.25) is 0 Å². The molecule has 0 saturated carbocycles. The van der Waals surface area contributed by atoms with Crippen LogP contribution in [0.15, 0.2) is 29.3 Å². The highest BCUT2D eigenvalue weighted by atomic mass is 19.1. The molecular formula is C19H29FN4O3. The van der Waals surface area contributed by atoms with E-state index in [1.165, 1.54) is 24.3 Å². The average molecular weight is 380 g/mol. The molecule has 0 aromatic heterocycles. The van der Waals surface area contributed by atoms with Crippen molar-refractivity contribution in [3.63, 3.8) is 0 Å². The highest BCUT2D eigenvalue weighted by Gasteiger charge is 2.22. The van der Waals surface area contributed by atoms with E-state index in [2.05, 4.69) is 20.5 Å². The molecule has 7 nitrogen and oxygen atoms in total. The molecule has 1 aromatic rings. The van der Waals surface area contributed by atoms with Crippen LogP contribution in [0.25, 0.3) is 0 Å². The van der Waals surface area contributed by atoms with Crippen molar-refractivity contribution in [1.82, 2.24) is 10.2 Å². The van der Waals surface area contributed by atoms with Crippen LogP contribution in [0.1, 0.15) is 19.3 Å². The zero-order chi connectivity index (χ0) is 19.5. The quantitative estimate of drug-likeness (QED) is 0.409. The van der Waals surface area contributed by atoms with Crippen LogP contribution in [-0.2, 0) is 14.3 Å². The van der Waals surface area contributed by atoms with Gasteiger partial charge in [0.25, 0.3) is 0 Å². The number of methoxy groups -OCH3 is 1. The minimum absolute atomic E-state index is 0.0947. The van der Waals surface area contributed by atoms with Crippen LogP contribution in [0.5, 0.6) is 0 Å². The molecule has 1 aliphatic rings. The van der Waals surface area contributed by atoms with E-state index in [1.54, 1.807) is 14.2 Å². The monoisotopic (exact) mass is 380 g/mol. The maximum atomic E-state index is 12.9. The Kier molecular flexibility index (Phi) is 9.00. The summed E-state index contributed by atoms with van der Waals surface area (Å²) in [5.41, 5.74) is 0.560. The van der Waals surface area contributed by atoms with Gasteiger partial charge in [-0.05, 0) is 43.5 Å². The van der Waals surface area contributed by atoms with E-state index in [4.69, 9.17) is 9.47 Å². The molecule has 1 aliphatic heterocycles. The van der Waals surface area contributed by atoms with Gasteiger partial charge in [0.2, 0.25) is 5.91 Å². The Hall–Kier alpha value is -2.19. The number of nitrogens with one attached hydrogen (secondary N) is 2. The molecule has 1 fully saturated rings. The summed E-state index contributed by atoms with van der Waals surface area (Å²) in [7, 11) is 3.39. The normalized spacial score (nSPS) is 15.7. The fraction of sp³-hybridized carbons (Fsp3) is 0.579. The zero-order valence-electron chi connectivity index (χ0n) is 16.0. The van der Waals surface area contributed by atoms with E-state index < -0.39 is 0 Å². The van der Waals surface area contributed by atoms with Crippen LogP contribution in [0, 0.1) is 5.82 Å². The standard InChI is InChI=1S/C19H29FN4O3/c1-21-19(22-14-18(25)23-16-6-4-15(20)5-7-16)24-10-8-17(9-11-24)27-13-3-12-26-2/h4-7,17H,3,8-14H2,1-2H3,(H,21,22)(H,23,25). The Bertz CT molecular complexity index is 601. The maximum absolute atomic E-state index is 12.9. The number of carbonyl (C=O) groups excluding carboxylic acids is 1. The van der Waals surface area contributed by atoms with Gasteiger partial charge in [-0.1, -0.05) is 0 Å². The smallest absolute Gasteiger partial charge is 0.243 e. The second kappa shape index (κ2) is 11.5. The first-order chi connectivity index (χ1) is 13.1. The Labute approximate surface area is 159 Å². The van der Waals surface area contributed by atoms with Crippen molar-refractivity contribution < 1.29 is 18.7 Å². The number of anilines is 1. The van der Waals surface area contributed by atoms with Gasteiger partial charge in [-0.2, -0.15) is 0 Å². The number of nitrogens with zero attached hydrogens (tertiary/aromatic N) is 2. The summed E-state index contributed by atoms with van der Waals surface area (Å²) in [6.45, 7) is 3.18. The summed E-state index contributed by atoms with van der Waals surface area (Å²) in [5.74, 6) is 0.152. The molecule has 0 aliphatic carbocycles. The number of guanidine groups is 1. The molecule has 0 unspecified atom stereocenters. The molecular weight excluding hydrogens is 351 g/mol. The topological polar surface area (TPSA) is 75.2 Å². The van der Waals surface area contributed by atoms with Gasteiger partial charge in [-0.15, -0.1) is 0 Å². The van der Waals surface area contributed by atoms with Crippen molar-refractivity contribution in [2.24, 2.45) is 4.99 Å². The van der Waals surface area contributed by atoms with Gasteiger partial charge in [0.05, 0.1) is 12.6 Å². The van der Waals surface area contributed by atoms with Gasteiger partial charge in [0.1, 0.15) is 5.82 Å². The van der Waals surface area contributed by atoms with Crippen molar-refractivity contribution >= 4 is 17.6 Å². The van der Waals surface area contributed by atoms with Crippen LogP contribution in [0.4, 0.5) is 10.1 Å². The number of ether oxygens (including phenoxy) is 2. The van der Waals surface area contributed by atoms with E-state index in [1.807, 2.05) is 0 Å². The number of piperidine rings is 1. The van der Waals surface area contributed by atoms with Gasteiger partial charge < -0.3 is 25.0 Å². The lowest BCUT2D eigenvalue weighted by atomic mass is 10.1. The Morgan fingerprint density at radius 3 is 2.59 bits per heavy atom. The van der Waals surface area contributed by atoms with Gasteiger partial charge in [-0.25, -0.2) is 4.39 Å². The molecule has 1 heterocycles. The van der Waals surface area contributed by atoms with Crippen molar-refractivity contribution in [1.29, 1.82) is 0 Å². The molecule has 1 aromatic carbocycles. The largest absolute Gasteiger partial charge is 0.385 e. The summed E-state index contributed by atoms with van der Waals surface area (Å²) >= 11 is 0. The van der Waals surface area contributed by atoms with E-state index in [0.29, 0.717) is 11.6 Å². The summed E-state index contributed by atoms with van der Waals surface area (Å²) in [6.07, 6.45) is 3.02. The lowest BCUT2D eigenvalue weighted by molar-refractivity contribution is -0.115. The molecule has 1 saturated heterocycles. The number of rotatable bonds is 8. The number of hydrogen-bond acceptors (Lipinski definition) is 4. The predicted octanol–water partition coefficient (Wildman–Crippen LogP) is 1.86. The van der Waals surface area contributed by atoms with Gasteiger partial charge in [-0.3, -0.25) is 9.79 Å². The highest BCUT2D eigenvalue weighted by Crippen LogP contribution is 2.14. The average Bonchev–Trinajstić information content (AvgIpc) is 2.68. The lowest BCUT2D eigenvalue weighted by Crippen LogP contribution is -2.48. The molecule has 0 radical (unpaired) electrons. The SMILES string of the molecule is CN=C(NCC(=O)Nc1ccc(F)cc1)N1CCC(OCCCOC)CC1. The first kappa shape index (κ1) is 21.1. The molecule has 0 bridgehead atoms. The Balaban J connectivity index is 1.69. The minimum atomic E-state index is -0.336. The number of hydrogen-bond donors (Lipinski definition) is 2. The van der Waals surface area contributed by atoms with E-state index in [-0.39, 0.29) is 24.4 Å². The molecule has 0 atom stereocenters. The van der Waals surface area contributed by atoms with Crippen LogP contribution in [0.3, 0.4) is 0 Å². The third kappa shape index (κ3) is 7.52. The molecule has 8 heteroatoms. The van der Waals surface area contributed by atoms with Gasteiger partial charge in [0.15, 0.2) is 5.96 Å². The number of aliphatic imine (C=N–C) groups is 1. The molecule has 0 spiro atoms. The summed E-state index contributed by atoms with van der Waals surface area (Å²) in [4.78, 5) is 18.4. The number of likely N-dealkylation sites (tertiary alicyclic amines) is 1.